The Morgan fingerprint density at radius 1 is 0.950 bits per heavy atom. The summed E-state index contributed by atoms with van der Waals surface area (Å²) in [7, 11) is 0. The maximum atomic E-state index is 11.5. The molecule has 0 saturated carbocycles. The Hall–Kier alpha value is -1.44. The highest BCUT2D eigenvalue weighted by molar-refractivity contribution is 8.13. The Kier molecular flexibility index (Phi) is 6.84. The van der Waals surface area contributed by atoms with Crippen molar-refractivity contribution in [2.24, 2.45) is 5.10 Å². The average Bonchev–Trinajstić information content (AvgIpc) is 2.18. The fraction of sp³-hybridized carbons (Fsp3) is 0.750. The zero-order chi connectivity index (χ0) is 16.0. The molecule has 0 bridgehead atoms. The van der Waals surface area contributed by atoms with Gasteiger partial charge in [0.2, 0.25) is 0 Å². The lowest BCUT2D eigenvalue weighted by Gasteiger charge is -2.20. The highest BCUT2D eigenvalue weighted by Crippen LogP contribution is 2.08. The lowest BCUT2D eigenvalue weighted by atomic mass is 10.2. The highest BCUT2D eigenvalue weighted by Gasteiger charge is 2.18. The van der Waals surface area contributed by atoms with Crippen LogP contribution in [0.5, 0.6) is 0 Å². The molecule has 20 heavy (non-hydrogen) atoms. The van der Waals surface area contributed by atoms with Gasteiger partial charge in [-0.1, -0.05) is 11.8 Å². The zero-order valence-corrected chi connectivity index (χ0v) is 13.8. The van der Waals surface area contributed by atoms with Crippen LogP contribution in [-0.4, -0.2) is 34.8 Å². The smallest absolute Gasteiger partial charge is 0.428 e. The van der Waals surface area contributed by atoms with Gasteiger partial charge < -0.3 is 9.47 Å². The Bertz CT molecular complexity index is 383. The lowest BCUT2D eigenvalue weighted by Crippen LogP contribution is -2.37. The Labute approximate surface area is 123 Å². The first-order valence-electron chi connectivity index (χ1n) is 6.03. The molecule has 0 aliphatic rings. The van der Waals surface area contributed by atoms with Crippen LogP contribution in [0.15, 0.2) is 5.10 Å². The van der Waals surface area contributed by atoms with E-state index in [1.54, 1.807) is 47.8 Å². The summed E-state index contributed by atoms with van der Waals surface area (Å²) in [4.78, 5) is 22.9. The molecular weight excluding hydrogens is 282 g/mol. The molecule has 0 aliphatic heterocycles. The van der Waals surface area contributed by atoms with Crippen LogP contribution < -0.4 is 10.7 Å². The number of rotatable bonds is 1. The number of hydrogen-bond acceptors (Lipinski definition) is 6. The number of hydrazone groups is 1. The van der Waals surface area contributed by atoms with E-state index in [0.29, 0.717) is 0 Å². The van der Waals surface area contributed by atoms with E-state index in [2.05, 4.69) is 15.8 Å². The van der Waals surface area contributed by atoms with E-state index in [1.165, 1.54) is 0 Å². The first kappa shape index (κ1) is 18.6. The molecule has 2 amide bonds. The van der Waals surface area contributed by atoms with E-state index in [1.807, 2.05) is 0 Å². The van der Waals surface area contributed by atoms with Gasteiger partial charge in [0.25, 0.3) is 0 Å². The number of thioether (sulfide) groups is 1. The molecule has 0 radical (unpaired) electrons. The van der Waals surface area contributed by atoms with Crippen molar-refractivity contribution < 1.29 is 19.1 Å². The van der Waals surface area contributed by atoms with Gasteiger partial charge in [0.15, 0.2) is 5.17 Å². The van der Waals surface area contributed by atoms with Crippen LogP contribution in [0.1, 0.15) is 41.5 Å². The van der Waals surface area contributed by atoms with Crippen LogP contribution >= 0.6 is 11.8 Å². The third-order valence-electron chi connectivity index (χ3n) is 1.45. The third kappa shape index (κ3) is 10.5. The summed E-state index contributed by atoms with van der Waals surface area (Å²) in [6.45, 7) is 10.5. The van der Waals surface area contributed by atoms with Crippen molar-refractivity contribution in [2.45, 2.75) is 52.7 Å². The molecule has 0 rings (SSSR count). The van der Waals surface area contributed by atoms with Crippen molar-refractivity contribution in [1.29, 1.82) is 0 Å². The molecule has 0 aromatic carbocycles. The minimum atomic E-state index is -0.699. The molecular formula is C12H23N3O4S. The normalized spacial score (nSPS) is 12.7. The fourth-order valence-corrected chi connectivity index (χ4v) is 1.24. The minimum Gasteiger partial charge on any atom is -0.444 e. The van der Waals surface area contributed by atoms with E-state index in [4.69, 9.17) is 9.47 Å². The van der Waals surface area contributed by atoms with Crippen LogP contribution in [0.2, 0.25) is 0 Å². The van der Waals surface area contributed by atoms with Gasteiger partial charge in [-0.25, -0.2) is 15.0 Å². The van der Waals surface area contributed by atoms with Gasteiger partial charge >= 0.3 is 12.2 Å². The van der Waals surface area contributed by atoms with Crippen molar-refractivity contribution in [3.05, 3.63) is 0 Å². The van der Waals surface area contributed by atoms with E-state index in [9.17, 15) is 9.59 Å². The molecule has 0 saturated heterocycles. The number of alkyl carbamates (subject to hydrolysis) is 1. The van der Waals surface area contributed by atoms with Crippen LogP contribution in [0.3, 0.4) is 0 Å². The SMILES string of the molecule is CSC(=NNC(=O)OC(C)(C)C)NC(=O)OC(C)(C)C. The standard InChI is InChI=1S/C12H23N3O4S/c1-11(2,3)18-9(16)13-8(20-7)14-15-10(17)19-12(4,5)6/h1-7H3,(H,15,17)(H,13,14,16). The van der Waals surface area contributed by atoms with Gasteiger partial charge in [-0.05, 0) is 47.8 Å². The first-order chi connectivity index (χ1) is 8.93. The first-order valence-corrected chi connectivity index (χ1v) is 7.26. The molecule has 0 aromatic rings. The van der Waals surface area contributed by atoms with E-state index < -0.39 is 23.4 Å². The van der Waals surface area contributed by atoms with Gasteiger partial charge in [0, 0.05) is 0 Å². The fourth-order valence-electron chi connectivity index (χ4n) is 0.913. The summed E-state index contributed by atoms with van der Waals surface area (Å²) in [5.74, 6) is 0. The van der Waals surface area contributed by atoms with Crippen molar-refractivity contribution in [2.75, 3.05) is 6.26 Å². The van der Waals surface area contributed by atoms with Crippen molar-refractivity contribution in [3.8, 4) is 0 Å². The zero-order valence-electron chi connectivity index (χ0n) is 13.0. The molecule has 7 nitrogen and oxygen atoms in total. The van der Waals surface area contributed by atoms with E-state index in [-0.39, 0.29) is 5.17 Å². The summed E-state index contributed by atoms with van der Waals surface area (Å²) >= 11 is 1.15. The van der Waals surface area contributed by atoms with Crippen LogP contribution in [0.4, 0.5) is 9.59 Å². The maximum Gasteiger partial charge on any atom is 0.428 e. The molecule has 2 N–H and O–H groups in total. The average molecular weight is 305 g/mol. The molecule has 0 aliphatic carbocycles. The highest BCUT2D eigenvalue weighted by atomic mass is 32.2. The minimum absolute atomic E-state index is 0.199. The largest absolute Gasteiger partial charge is 0.444 e. The molecule has 116 valence electrons. The number of carbonyl (C=O) groups is 2. The molecule has 0 unspecified atom stereocenters. The number of hydrogen-bond donors (Lipinski definition) is 2. The van der Waals surface area contributed by atoms with Crippen molar-refractivity contribution >= 4 is 29.1 Å². The van der Waals surface area contributed by atoms with Crippen LogP contribution in [0, 0.1) is 0 Å². The summed E-state index contributed by atoms with van der Waals surface area (Å²) in [5, 5.41) is 6.36. The molecule has 0 atom stereocenters. The molecule has 0 heterocycles. The predicted molar refractivity (Wildman–Crippen MR) is 79.7 cm³/mol. The van der Waals surface area contributed by atoms with Gasteiger partial charge in [-0.3, -0.25) is 5.32 Å². The molecule has 0 fully saturated rings. The number of carbonyl (C=O) groups excluding carboxylic acids is 2. The summed E-state index contributed by atoms with van der Waals surface area (Å²) in [6.07, 6.45) is 0.360. The number of nitrogens with zero attached hydrogens (tertiary/aromatic N) is 1. The van der Waals surface area contributed by atoms with Crippen molar-refractivity contribution in [3.63, 3.8) is 0 Å². The van der Waals surface area contributed by atoms with Gasteiger partial charge in [-0.2, -0.15) is 0 Å². The topological polar surface area (TPSA) is 89.0 Å². The second-order valence-electron chi connectivity index (χ2n) is 5.86. The summed E-state index contributed by atoms with van der Waals surface area (Å²) in [5.41, 5.74) is 0.976. The monoisotopic (exact) mass is 305 g/mol. The van der Waals surface area contributed by atoms with E-state index >= 15 is 0 Å². The number of amidine groups is 1. The van der Waals surface area contributed by atoms with Gasteiger partial charge in [-0.15, -0.1) is 5.10 Å². The van der Waals surface area contributed by atoms with E-state index in [0.717, 1.165) is 11.8 Å². The lowest BCUT2D eigenvalue weighted by molar-refractivity contribution is 0.0519. The van der Waals surface area contributed by atoms with Crippen molar-refractivity contribution in [1.82, 2.24) is 10.7 Å². The predicted octanol–water partition coefficient (Wildman–Crippen LogP) is 2.67. The second-order valence-corrected chi connectivity index (χ2v) is 6.66. The third-order valence-corrected chi connectivity index (χ3v) is 2.03. The Morgan fingerprint density at radius 2 is 1.40 bits per heavy atom. The van der Waals surface area contributed by atoms with Gasteiger partial charge in [0.05, 0.1) is 0 Å². The molecule has 0 spiro atoms. The second kappa shape index (κ2) is 7.37. The summed E-state index contributed by atoms with van der Waals surface area (Å²) < 4.78 is 10.1. The number of ether oxygens (including phenoxy) is 2. The summed E-state index contributed by atoms with van der Waals surface area (Å²) in [6, 6.07) is 0. The Balaban J connectivity index is 4.43. The van der Waals surface area contributed by atoms with Crippen LogP contribution in [-0.2, 0) is 9.47 Å². The molecule has 0 aromatic heterocycles. The Morgan fingerprint density at radius 3 is 1.80 bits per heavy atom. The van der Waals surface area contributed by atoms with Gasteiger partial charge in [0.1, 0.15) is 11.2 Å². The maximum absolute atomic E-state index is 11.5. The quantitative estimate of drug-likeness (QED) is 0.441. The number of nitrogens with one attached hydrogen (secondary N) is 2. The van der Waals surface area contributed by atoms with Crippen LogP contribution in [0.25, 0.3) is 0 Å². The number of amides is 2. The molecule has 8 heteroatoms.